The summed E-state index contributed by atoms with van der Waals surface area (Å²) in [6.07, 6.45) is 1.23. The molecule has 106 valence electrons. The van der Waals surface area contributed by atoms with Gasteiger partial charge in [0.2, 0.25) is 0 Å². The molecule has 0 spiro atoms. The van der Waals surface area contributed by atoms with Crippen LogP contribution in [0.3, 0.4) is 0 Å². The topological polar surface area (TPSA) is 54.9 Å². The van der Waals surface area contributed by atoms with Crippen LogP contribution in [0.25, 0.3) is 5.69 Å². The van der Waals surface area contributed by atoms with Gasteiger partial charge < -0.3 is 0 Å². The SMILES string of the molecule is CCCc1c(Cl)[nH]c(=O)n(-c2ccc(Br)cc2Cl)c1=O. The van der Waals surface area contributed by atoms with Crippen molar-refractivity contribution < 1.29 is 0 Å². The number of hydrogen-bond acceptors (Lipinski definition) is 2. The van der Waals surface area contributed by atoms with E-state index < -0.39 is 11.2 Å². The summed E-state index contributed by atoms with van der Waals surface area (Å²) in [5, 5.41) is 0.392. The Labute approximate surface area is 133 Å². The van der Waals surface area contributed by atoms with E-state index in [1.165, 1.54) is 0 Å². The van der Waals surface area contributed by atoms with E-state index in [1.54, 1.807) is 18.2 Å². The normalized spacial score (nSPS) is 10.8. The van der Waals surface area contributed by atoms with Gasteiger partial charge in [-0.05, 0) is 24.6 Å². The Morgan fingerprint density at radius 2 is 2.00 bits per heavy atom. The lowest BCUT2D eigenvalue weighted by molar-refractivity contribution is 0.812. The van der Waals surface area contributed by atoms with E-state index in [0.29, 0.717) is 22.7 Å². The van der Waals surface area contributed by atoms with Crippen molar-refractivity contribution in [3.05, 3.63) is 59.2 Å². The van der Waals surface area contributed by atoms with Crippen LogP contribution in [0.2, 0.25) is 10.2 Å². The summed E-state index contributed by atoms with van der Waals surface area (Å²) in [6.45, 7) is 1.93. The van der Waals surface area contributed by atoms with Crippen LogP contribution in [0.15, 0.2) is 32.3 Å². The number of hydrogen-bond donors (Lipinski definition) is 1. The molecule has 0 amide bonds. The molecule has 0 aliphatic heterocycles. The molecular weight excluding hydrogens is 367 g/mol. The summed E-state index contributed by atoms with van der Waals surface area (Å²) < 4.78 is 1.77. The number of H-pyrrole nitrogens is 1. The molecule has 0 aliphatic carbocycles. The van der Waals surface area contributed by atoms with Crippen molar-refractivity contribution in [2.75, 3.05) is 0 Å². The molecule has 7 heteroatoms. The van der Waals surface area contributed by atoms with Crippen LogP contribution < -0.4 is 11.2 Å². The molecule has 0 unspecified atom stereocenters. The molecule has 0 bridgehead atoms. The lowest BCUT2D eigenvalue weighted by atomic mass is 10.2. The Kier molecular flexibility index (Phi) is 4.73. The Bertz CT molecular complexity index is 768. The highest BCUT2D eigenvalue weighted by atomic mass is 79.9. The highest BCUT2D eigenvalue weighted by Gasteiger charge is 2.15. The Morgan fingerprint density at radius 3 is 2.60 bits per heavy atom. The maximum absolute atomic E-state index is 12.4. The first-order chi connectivity index (χ1) is 9.45. The quantitative estimate of drug-likeness (QED) is 0.831. The van der Waals surface area contributed by atoms with Gasteiger partial charge in [-0.2, -0.15) is 0 Å². The largest absolute Gasteiger partial charge is 0.334 e. The van der Waals surface area contributed by atoms with Gasteiger partial charge >= 0.3 is 5.69 Å². The predicted molar refractivity (Wildman–Crippen MR) is 84.4 cm³/mol. The summed E-state index contributed by atoms with van der Waals surface area (Å²) in [5.74, 6) is 0. The van der Waals surface area contributed by atoms with Crippen LogP contribution in [0.1, 0.15) is 18.9 Å². The Balaban J connectivity index is 2.77. The molecule has 2 aromatic rings. The maximum atomic E-state index is 12.4. The van der Waals surface area contributed by atoms with Crippen molar-refractivity contribution in [1.82, 2.24) is 9.55 Å². The van der Waals surface area contributed by atoms with Gasteiger partial charge in [-0.15, -0.1) is 0 Å². The summed E-state index contributed by atoms with van der Waals surface area (Å²) in [4.78, 5) is 26.9. The number of nitrogens with zero attached hydrogens (tertiary/aromatic N) is 1. The van der Waals surface area contributed by atoms with Crippen LogP contribution in [-0.2, 0) is 6.42 Å². The smallest absolute Gasteiger partial charge is 0.297 e. The monoisotopic (exact) mass is 376 g/mol. The summed E-state index contributed by atoms with van der Waals surface area (Å²) in [7, 11) is 0. The van der Waals surface area contributed by atoms with Crippen LogP contribution in [-0.4, -0.2) is 9.55 Å². The van der Waals surface area contributed by atoms with Crippen molar-refractivity contribution in [2.24, 2.45) is 0 Å². The molecule has 0 radical (unpaired) electrons. The zero-order valence-corrected chi connectivity index (χ0v) is 13.6. The third kappa shape index (κ3) is 2.85. The van der Waals surface area contributed by atoms with Gasteiger partial charge in [0.1, 0.15) is 5.15 Å². The number of benzene rings is 1. The zero-order chi connectivity index (χ0) is 14.9. The fourth-order valence-corrected chi connectivity index (χ4v) is 2.91. The van der Waals surface area contributed by atoms with E-state index in [4.69, 9.17) is 23.2 Å². The first kappa shape index (κ1) is 15.4. The second-order valence-corrected chi connectivity index (χ2v) is 5.91. The van der Waals surface area contributed by atoms with Crippen molar-refractivity contribution in [2.45, 2.75) is 19.8 Å². The number of aromatic amines is 1. The molecule has 0 saturated heterocycles. The van der Waals surface area contributed by atoms with Gasteiger partial charge in [-0.1, -0.05) is 52.5 Å². The molecule has 0 saturated carbocycles. The van der Waals surface area contributed by atoms with Crippen LogP contribution in [0.5, 0.6) is 0 Å². The number of halogens is 3. The van der Waals surface area contributed by atoms with Crippen molar-refractivity contribution in [3.63, 3.8) is 0 Å². The van der Waals surface area contributed by atoms with E-state index >= 15 is 0 Å². The van der Waals surface area contributed by atoms with Crippen LogP contribution in [0, 0.1) is 0 Å². The first-order valence-corrected chi connectivity index (χ1v) is 7.49. The second-order valence-electron chi connectivity index (χ2n) is 4.21. The van der Waals surface area contributed by atoms with Gasteiger partial charge in [0.15, 0.2) is 0 Å². The zero-order valence-electron chi connectivity index (χ0n) is 10.5. The molecule has 4 nitrogen and oxygen atoms in total. The third-order valence-corrected chi connectivity index (χ3v) is 3.92. The van der Waals surface area contributed by atoms with Gasteiger partial charge in [0.05, 0.1) is 16.3 Å². The fraction of sp³-hybridized carbons (Fsp3) is 0.231. The Hall–Kier alpha value is -1.04. The lowest BCUT2D eigenvalue weighted by Crippen LogP contribution is -2.36. The third-order valence-electron chi connectivity index (χ3n) is 2.80. The molecule has 1 aromatic carbocycles. The molecule has 1 aromatic heterocycles. The van der Waals surface area contributed by atoms with Gasteiger partial charge in [-0.3, -0.25) is 9.78 Å². The molecular formula is C13H11BrCl2N2O2. The molecule has 1 N–H and O–H groups in total. The minimum absolute atomic E-state index is 0.0892. The predicted octanol–water partition coefficient (Wildman–Crippen LogP) is 3.55. The minimum Gasteiger partial charge on any atom is -0.297 e. The van der Waals surface area contributed by atoms with Crippen LogP contribution >= 0.6 is 39.1 Å². The number of nitrogens with one attached hydrogen (secondary N) is 1. The highest BCUT2D eigenvalue weighted by Crippen LogP contribution is 2.23. The van der Waals surface area contributed by atoms with Crippen LogP contribution in [0.4, 0.5) is 0 Å². The maximum Gasteiger partial charge on any atom is 0.334 e. The molecule has 0 aliphatic rings. The molecule has 1 heterocycles. The standard InChI is InChI=1S/C13H11BrCl2N2O2/c1-2-3-8-11(16)17-13(20)18(12(8)19)10-5-4-7(14)6-9(10)15/h4-6H,2-3H2,1H3,(H,17,20). The van der Waals surface area contributed by atoms with E-state index in [2.05, 4.69) is 20.9 Å². The van der Waals surface area contributed by atoms with Crippen molar-refractivity contribution >= 4 is 39.1 Å². The second kappa shape index (κ2) is 6.16. The highest BCUT2D eigenvalue weighted by molar-refractivity contribution is 9.10. The molecule has 0 fully saturated rings. The van der Waals surface area contributed by atoms with E-state index in [-0.39, 0.29) is 5.15 Å². The summed E-state index contributed by atoms with van der Waals surface area (Å²) in [6, 6.07) is 4.94. The molecule has 20 heavy (non-hydrogen) atoms. The number of rotatable bonds is 3. The minimum atomic E-state index is -0.607. The van der Waals surface area contributed by atoms with Crippen molar-refractivity contribution in [1.29, 1.82) is 0 Å². The molecule has 0 atom stereocenters. The van der Waals surface area contributed by atoms with Gasteiger partial charge in [0.25, 0.3) is 5.56 Å². The lowest BCUT2D eigenvalue weighted by Gasteiger charge is -2.10. The number of aromatic nitrogens is 2. The average molecular weight is 378 g/mol. The van der Waals surface area contributed by atoms with E-state index in [1.807, 2.05) is 6.92 Å². The summed E-state index contributed by atoms with van der Waals surface area (Å²) >= 11 is 15.3. The molecule has 2 rings (SSSR count). The average Bonchev–Trinajstić information content (AvgIpc) is 2.37. The van der Waals surface area contributed by atoms with E-state index in [0.717, 1.165) is 15.5 Å². The Morgan fingerprint density at radius 1 is 1.30 bits per heavy atom. The fourth-order valence-electron chi connectivity index (χ4n) is 1.89. The van der Waals surface area contributed by atoms with E-state index in [9.17, 15) is 9.59 Å². The van der Waals surface area contributed by atoms with Crippen molar-refractivity contribution in [3.8, 4) is 5.69 Å². The first-order valence-electron chi connectivity index (χ1n) is 5.94. The summed E-state index contributed by atoms with van der Waals surface area (Å²) in [5.41, 5.74) is -0.336. The van der Waals surface area contributed by atoms with Gasteiger partial charge in [-0.25, -0.2) is 9.36 Å². The van der Waals surface area contributed by atoms with Gasteiger partial charge in [0, 0.05) is 4.47 Å².